The molecule has 0 saturated heterocycles. The second kappa shape index (κ2) is 4.70. The van der Waals surface area contributed by atoms with Gasteiger partial charge >= 0.3 is 5.97 Å². The zero-order chi connectivity index (χ0) is 13.4. The first kappa shape index (κ1) is 14.7. The van der Waals surface area contributed by atoms with Crippen molar-refractivity contribution in [2.24, 2.45) is 23.0 Å². The van der Waals surface area contributed by atoms with E-state index in [9.17, 15) is 4.79 Å². The zero-order valence-electron chi connectivity index (χ0n) is 11.5. The molecule has 0 bridgehead atoms. The van der Waals surface area contributed by atoms with Crippen LogP contribution in [-0.2, 0) is 9.22 Å². The first-order chi connectivity index (χ1) is 7.56. The van der Waals surface area contributed by atoms with Gasteiger partial charge in [0.2, 0.25) is 0 Å². The van der Waals surface area contributed by atoms with Crippen molar-refractivity contribution in [2.75, 3.05) is 0 Å². The first-order valence-electron chi connectivity index (χ1n) is 6.26. The highest BCUT2D eigenvalue weighted by molar-refractivity contribution is 6.48. The van der Waals surface area contributed by atoms with Gasteiger partial charge in [-0.15, -0.1) is 0 Å². The van der Waals surface area contributed by atoms with Crippen molar-refractivity contribution in [3.63, 3.8) is 0 Å². The predicted octanol–water partition coefficient (Wildman–Crippen LogP) is 1.80. The molecule has 0 aliphatic heterocycles. The van der Waals surface area contributed by atoms with Crippen molar-refractivity contribution in [1.29, 1.82) is 0 Å². The summed E-state index contributed by atoms with van der Waals surface area (Å²) >= 11 is 0. The van der Waals surface area contributed by atoms with E-state index in [2.05, 4.69) is 33.9 Å². The molecule has 0 heterocycles. The van der Waals surface area contributed by atoms with Crippen LogP contribution in [0.2, 0.25) is 13.1 Å². The van der Waals surface area contributed by atoms with Gasteiger partial charge in [0.05, 0.1) is 5.92 Å². The van der Waals surface area contributed by atoms with E-state index in [1.165, 1.54) is 0 Å². The van der Waals surface area contributed by atoms with E-state index in [0.29, 0.717) is 12.8 Å². The molecule has 0 unspecified atom stereocenters. The van der Waals surface area contributed by atoms with Crippen LogP contribution in [0, 0.1) is 17.3 Å². The second-order valence-electron chi connectivity index (χ2n) is 6.52. The van der Waals surface area contributed by atoms with E-state index < -0.39 is 20.7 Å². The Balaban J connectivity index is 2.95. The summed E-state index contributed by atoms with van der Waals surface area (Å²) in [5.74, 6) is -1.01. The molecule has 1 rings (SSSR count). The predicted molar refractivity (Wildman–Crippen MR) is 70.2 cm³/mol. The van der Waals surface area contributed by atoms with E-state index in [0.717, 1.165) is 0 Å². The molecule has 0 aromatic heterocycles. The first-order valence-corrected chi connectivity index (χ1v) is 9.04. The lowest BCUT2D eigenvalue weighted by molar-refractivity contribution is -0.142. The Hall–Kier alpha value is -0.393. The number of carbonyl (C=O) groups is 1. The Morgan fingerprint density at radius 3 is 2.35 bits per heavy atom. The summed E-state index contributed by atoms with van der Waals surface area (Å²) in [6, 6.07) is 0. The molecule has 3 atom stereocenters. The molecule has 1 aliphatic rings. The van der Waals surface area contributed by atoms with Gasteiger partial charge in [-0.1, -0.05) is 20.8 Å². The standard InChI is InChI=1S/C12H25NO3Si/c1-11(2,3)9-6-8(10(14)15)7-12(9,13)16-17(4)5/h8-9,17H,6-7,13H2,1-5H3,(H,14,15)/t8-,9-,12+/m0/s1. The van der Waals surface area contributed by atoms with Crippen LogP contribution < -0.4 is 5.73 Å². The van der Waals surface area contributed by atoms with E-state index >= 15 is 0 Å². The van der Waals surface area contributed by atoms with E-state index in [4.69, 9.17) is 15.3 Å². The molecule has 1 aliphatic carbocycles. The second-order valence-corrected chi connectivity index (χ2v) is 8.85. The van der Waals surface area contributed by atoms with Crippen LogP contribution in [0.5, 0.6) is 0 Å². The fourth-order valence-corrected chi connectivity index (χ4v) is 4.08. The Bertz CT molecular complexity index is 301. The number of hydrogen-bond donors (Lipinski definition) is 2. The van der Waals surface area contributed by atoms with Gasteiger partial charge in [-0.05, 0) is 24.9 Å². The van der Waals surface area contributed by atoms with E-state index in [1.807, 2.05) is 0 Å². The molecular weight excluding hydrogens is 234 g/mol. The van der Waals surface area contributed by atoms with Crippen LogP contribution in [-0.4, -0.2) is 25.8 Å². The van der Waals surface area contributed by atoms with E-state index in [1.54, 1.807) is 0 Å². The zero-order valence-corrected chi connectivity index (χ0v) is 12.6. The topological polar surface area (TPSA) is 72.5 Å². The number of hydrogen-bond acceptors (Lipinski definition) is 3. The van der Waals surface area contributed by atoms with Crippen molar-refractivity contribution >= 4 is 15.0 Å². The van der Waals surface area contributed by atoms with Gasteiger partial charge in [0.1, 0.15) is 5.72 Å². The maximum absolute atomic E-state index is 11.1. The molecule has 100 valence electrons. The summed E-state index contributed by atoms with van der Waals surface area (Å²) in [6.45, 7) is 10.5. The van der Waals surface area contributed by atoms with Crippen molar-refractivity contribution in [3.8, 4) is 0 Å². The smallest absolute Gasteiger partial charge is 0.306 e. The fraction of sp³-hybridized carbons (Fsp3) is 0.917. The third-order valence-corrected chi connectivity index (χ3v) is 4.44. The molecule has 1 fully saturated rings. The SMILES string of the molecule is C[SiH](C)O[C@]1(N)C[C@@H](C(=O)O)C[C@H]1C(C)(C)C. The van der Waals surface area contributed by atoms with Gasteiger partial charge in [0, 0.05) is 12.3 Å². The molecule has 5 heteroatoms. The van der Waals surface area contributed by atoms with Crippen LogP contribution in [0.15, 0.2) is 0 Å². The number of rotatable bonds is 3. The van der Waals surface area contributed by atoms with Crippen molar-refractivity contribution in [1.82, 2.24) is 0 Å². The Labute approximate surface area is 105 Å². The normalized spacial score (nSPS) is 34.3. The average Bonchev–Trinajstić information content (AvgIpc) is 2.40. The highest BCUT2D eigenvalue weighted by atomic mass is 28.3. The van der Waals surface area contributed by atoms with Crippen molar-refractivity contribution in [2.45, 2.75) is 52.4 Å². The minimum Gasteiger partial charge on any atom is -0.481 e. The molecule has 3 N–H and O–H groups in total. The van der Waals surface area contributed by atoms with Gasteiger partial charge in [0.15, 0.2) is 9.04 Å². The molecule has 0 aromatic carbocycles. The quantitative estimate of drug-likeness (QED) is 0.599. The third kappa shape index (κ3) is 3.30. The van der Waals surface area contributed by atoms with Gasteiger partial charge in [-0.25, -0.2) is 0 Å². The van der Waals surface area contributed by atoms with Crippen LogP contribution in [0.25, 0.3) is 0 Å². The summed E-state index contributed by atoms with van der Waals surface area (Å²) in [4.78, 5) is 11.1. The van der Waals surface area contributed by atoms with Crippen molar-refractivity contribution < 1.29 is 14.3 Å². The summed E-state index contributed by atoms with van der Waals surface area (Å²) < 4.78 is 5.97. The minimum absolute atomic E-state index is 0.0256. The lowest BCUT2D eigenvalue weighted by Gasteiger charge is -2.41. The molecule has 0 aromatic rings. The molecule has 0 spiro atoms. The maximum atomic E-state index is 11.1. The van der Waals surface area contributed by atoms with Crippen LogP contribution in [0.1, 0.15) is 33.6 Å². The molecule has 1 saturated carbocycles. The third-order valence-electron chi connectivity index (χ3n) is 3.53. The Kier molecular flexibility index (Phi) is 4.06. The average molecular weight is 259 g/mol. The molecule has 17 heavy (non-hydrogen) atoms. The fourth-order valence-electron chi connectivity index (χ4n) is 2.94. The lowest BCUT2D eigenvalue weighted by Crippen LogP contribution is -2.52. The minimum atomic E-state index is -1.28. The molecular formula is C12H25NO3Si. The van der Waals surface area contributed by atoms with Gasteiger partial charge in [-0.2, -0.15) is 0 Å². The highest BCUT2D eigenvalue weighted by Crippen LogP contribution is 2.48. The van der Waals surface area contributed by atoms with Crippen molar-refractivity contribution in [3.05, 3.63) is 0 Å². The summed E-state index contributed by atoms with van der Waals surface area (Å²) in [5, 5.41) is 9.16. The van der Waals surface area contributed by atoms with Crippen LogP contribution in [0.3, 0.4) is 0 Å². The summed E-state index contributed by atoms with van der Waals surface area (Å²) in [5.41, 5.74) is 5.59. The van der Waals surface area contributed by atoms with Gasteiger partial charge in [-0.3, -0.25) is 4.79 Å². The summed E-state index contributed by atoms with van der Waals surface area (Å²) in [6.07, 6.45) is 1.06. The molecule has 0 amide bonds. The largest absolute Gasteiger partial charge is 0.481 e. The molecule has 4 nitrogen and oxygen atoms in total. The van der Waals surface area contributed by atoms with Gasteiger partial charge < -0.3 is 15.3 Å². The van der Waals surface area contributed by atoms with Crippen LogP contribution >= 0.6 is 0 Å². The van der Waals surface area contributed by atoms with Crippen LogP contribution in [0.4, 0.5) is 0 Å². The number of carboxylic acids is 1. The number of aliphatic carboxylic acids is 1. The van der Waals surface area contributed by atoms with E-state index in [-0.39, 0.29) is 17.3 Å². The Morgan fingerprint density at radius 2 is 2.00 bits per heavy atom. The number of carboxylic acid groups (broad SMARTS) is 1. The lowest BCUT2D eigenvalue weighted by atomic mass is 9.76. The monoisotopic (exact) mass is 259 g/mol. The number of nitrogens with two attached hydrogens (primary N) is 1. The summed E-state index contributed by atoms with van der Waals surface area (Å²) in [7, 11) is -1.28. The maximum Gasteiger partial charge on any atom is 0.306 e. The molecule has 0 radical (unpaired) electrons. The highest BCUT2D eigenvalue weighted by Gasteiger charge is 2.52. The van der Waals surface area contributed by atoms with Gasteiger partial charge in [0.25, 0.3) is 0 Å². The Morgan fingerprint density at radius 1 is 1.47 bits per heavy atom.